The molecule has 0 saturated heterocycles. The summed E-state index contributed by atoms with van der Waals surface area (Å²) >= 11 is 0. The lowest BCUT2D eigenvalue weighted by Gasteiger charge is -2.18. The van der Waals surface area contributed by atoms with Gasteiger partial charge in [-0.05, 0) is 6.42 Å². The normalized spacial score (nSPS) is 11.6. The number of aromatic nitrogens is 2. The number of nitrogens with one attached hydrogen (secondary N) is 1. The van der Waals surface area contributed by atoms with Gasteiger partial charge >= 0.3 is 0 Å². The molecule has 0 aliphatic carbocycles. The van der Waals surface area contributed by atoms with E-state index in [9.17, 15) is 0 Å². The molecule has 0 bridgehead atoms. The Morgan fingerprint density at radius 1 is 1.29 bits per heavy atom. The summed E-state index contributed by atoms with van der Waals surface area (Å²) in [5.74, 6) is 1.74. The van der Waals surface area contributed by atoms with Gasteiger partial charge in [0.1, 0.15) is 11.6 Å². The fraction of sp³-hybridized carbons (Fsp3) is 0.692. The summed E-state index contributed by atoms with van der Waals surface area (Å²) in [6, 6.07) is 1.95. The van der Waals surface area contributed by atoms with Crippen molar-refractivity contribution in [2.24, 2.45) is 0 Å². The quantitative estimate of drug-likeness (QED) is 0.855. The molecular formula is C13H23N3O. The summed E-state index contributed by atoms with van der Waals surface area (Å²) in [5.41, 5.74) is 0.873. The molecule has 0 aliphatic heterocycles. The topological polar surface area (TPSA) is 47.0 Å². The Balaban J connectivity index is 3.01. The maximum atomic E-state index is 5.14. The fourth-order valence-corrected chi connectivity index (χ4v) is 1.40. The van der Waals surface area contributed by atoms with Gasteiger partial charge in [-0.25, -0.2) is 9.97 Å². The summed E-state index contributed by atoms with van der Waals surface area (Å²) in [7, 11) is 1.68. The van der Waals surface area contributed by atoms with Crippen molar-refractivity contribution in [3.63, 3.8) is 0 Å². The van der Waals surface area contributed by atoms with Crippen molar-refractivity contribution in [1.29, 1.82) is 0 Å². The van der Waals surface area contributed by atoms with E-state index in [0.29, 0.717) is 6.61 Å². The molecule has 17 heavy (non-hydrogen) atoms. The third-order valence-electron chi connectivity index (χ3n) is 2.30. The molecule has 0 aliphatic rings. The Morgan fingerprint density at radius 3 is 2.53 bits per heavy atom. The maximum absolute atomic E-state index is 5.14. The number of rotatable bonds is 5. The van der Waals surface area contributed by atoms with E-state index < -0.39 is 0 Å². The van der Waals surface area contributed by atoms with Crippen LogP contribution in [0.2, 0.25) is 0 Å². The Bertz CT molecular complexity index is 358. The second-order valence-electron chi connectivity index (χ2n) is 5.18. The van der Waals surface area contributed by atoms with Crippen LogP contribution in [0.3, 0.4) is 0 Å². The minimum atomic E-state index is -0.0492. The third kappa shape index (κ3) is 4.30. The van der Waals surface area contributed by atoms with Crippen LogP contribution in [0.4, 0.5) is 5.82 Å². The highest BCUT2D eigenvalue weighted by Crippen LogP contribution is 2.20. The van der Waals surface area contributed by atoms with E-state index >= 15 is 0 Å². The minimum Gasteiger partial charge on any atom is -0.378 e. The highest BCUT2D eigenvalue weighted by atomic mass is 16.5. The Hall–Kier alpha value is -1.16. The lowest BCUT2D eigenvalue weighted by atomic mass is 9.95. The van der Waals surface area contributed by atoms with Crippen LogP contribution in [-0.2, 0) is 16.8 Å². The Morgan fingerprint density at radius 2 is 2.00 bits per heavy atom. The van der Waals surface area contributed by atoms with Gasteiger partial charge in [-0.2, -0.15) is 0 Å². The maximum Gasteiger partial charge on any atom is 0.136 e. The van der Waals surface area contributed by atoms with E-state index in [-0.39, 0.29) is 5.41 Å². The molecule has 0 atom stereocenters. The Labute approximate surface area is 104 Å². The second-order valence-corrected chi connectivity index (χ2v) is 5.18. The van der Waals surface area contributed by atoms with Crippen LogP contribution >= 0.6 is 0 Å². The number of anilines is 1. The third-order valence-corrected chi connectivity index (χ3v) is 2.30. The van der Waals surface area contributed by atoms with E-state index in [0.717, 1.165) is 30.3 Å². The summed E-state index contributed by atoms with van der Waals surface area (Å²) < 4.78 is 5.14. The fourth-order valence-electron chi connectivity index (χ4n) is 1.40. The highest BCUT2D eigenvalue weighted by Gasteiger charge is 2.18. The second kappa shape index (κ2) is 5.96. The summed E-state index contributed by atoms with van der Waals surface area (Å²) in [4.78, 5) is 9.07. The van der Waals surface area contributed by atoms with E-state index in [1.54, 1.807) is 7.11 Å². The molecule has 1 aromatic rings. The first-order valence-corrected chi connectivity index (χ1v) is 6.08. The van der Waals surface area contributed by atoms with E-state index in [2.05, 4.69) is 43.0 Å². The SMILES string of the molecule is CCCNc1cc(COC)nc(C(C)(C)C)n1. The molecule has 0 saturated carbocycles. The highest BCUT2D eigenvalue weighted by molar-refractivity contribution is 5.36. The molecule has 4 nitrogen and oxygen atoms in total. The van der Waals surface area contributed by atoms with Gasteiger partial charge < -0.3 is 10.1 Å². The molecule has 0 unspecified atom stereocenters. The van der Waals surface area contributed by atoms with Crippen LogP contribution in [-0.4, -0.2) is 23.6 Å². The van der Waals surface area contributed by atoms with E-state index in [1.807, 2.05) is 6.07 Å². The van der Waals surface area contributed by atoms with Gasteiger partial charge in [-0.3, -0.25) is 0 Å². The van der Waals surface area contributed by atoms with Crippen LogP contribution in [0.5, 0.6) is 0 Å². The first kappa shape index (κ1) is 13.9. The summed E-state index contributed by atoms with van der Waals surface area (Å²) in [5, 5.41) is 3.30. The first-order chi connectivity index (χ1) is 7.97. The predicted octanol–water partition coefficient (Wildman–Crippen LogP) is 2.74. The van der Waals surface area contributed by atoms with Crippen LogP contribution < -0.4 is 5.32 Å². The van der Waals surface area contributed by atoms with Crippen LogP contribution in [0, 0.1) is 0 Å². The van der Waals surface area contributed by atoms with Gasteiger partial charge in [0.2, 0.25) is 0 Å². The molecule has 1 rings (SSSR count). The molecule has 0 aromatic carbocycles. The van der Waals surface area contributed by atoms with Crippen molar-refractivity contribution < 1.29 is 4.74 Å². The number of nitrogens with zero attached hydrogens (tertiary/aromatic N) is 2. The zero-order valence-corrected chi connectivity index (χ0v) is 11.5. The number of hydrogen-bond acceptors (Lipinski definition) is 4. The lowest BCUT2D eigenvalue weighted by molar-refractivity contribution is 0.181. The average molecular weight is 237 g/mol. The van der Waals surface area contributed by atoms with E-state index in [1.165, 1.54) is 0 Å². The molecule has 0 radical (unpaired) electrons. The largest absolute Gasteiger partial charge is 0.378 e. The van der Waals surface area contributed by atoms with Crippen molar-refractivity contribution in [3.8, 4) is 0 Å². The van der Waals surface area contributed by atoms with Crippen LogP contribution in [0.15, 0.2) is 6.07 Å². The minimum absolute atomic E-state index is 0.0492. The van der Waals surface area contributed by atoms with Crippen molar-refractivity contribution in [3.05, 3.63) is 17.6 Å². The first-order valence-electron chi connectivity index (χ1n) is 6.08. The number of ether oxygens (including phenoxy) is 1. The van der Waals surface area contributed by atoms with Crippen molar-refractivity contribution in [2.45, 2.75) is 46.1 Å². The zero-order chi connectivity index (χ0) is 12.9. The Kier molecular flexibility index (Phi) is 4.87. The number of hydrogen-bond donors (Lipinski definition) is 1. The van der Waals surface area contributed by atoms with Crippen LogP contribution in [0.25, 0.3) is 0 Å². The molecular weight excluding hydrogens is 214 g/mol. The smallest absolute Gasteiger partial charge is 0.136 e. The molecule has 0 fully saturated rings. The molecule has 1 aromatic heterocycles. The lowest BCUT2D eigenvalue weighted by Crippen LogP contribution is -2.18. The van der Waals surface area contributed by atoms with Gasteiger partial charge in [0.15, 0.2) is 0 Å². The predicted molar refractivity (Wildman–Crippen MR) is 70.2 cm³/mol. The van der Waals surface area contributed by atoms with Gasteiger partial charge in [-0.1, -0.05) is 27.7 Å². The van der Waals surface area contributed by atoms with Gasteiger partial charge in [-0.15, -0.1) is 0 Å². The van der Waals surface area contributed by atoms with Crippen molar-refractivity contribution >= 4 is 5.82 Å². The standard InChI is InChI=1S/C13H23N3O/c1-6-7-14-11-8-10(9-17-5)15-12(16-11)13(2,3)4/h8H,6-7,9H2,1-5H3,(H,14,15,16). The molecule has 1 heterocycles. The molecule has 96 valence electrons. The monoisotopic (exact) mass is 237 g/mol. The van der Waals surface area contributed by atoms with Crippen molar-refractivity contribution in [1.82, 2.24) is 9.97 Å². The van der Waals surface area contributed by atoms with Gasteiger partial charge in [0.05, 0.1) is 12.3 Å². The summed E-state index contributed by atoms with van der Waals surface area (Å²) in [6.07, 6.45) is 1.08. The van der Waals surface area contributed by atoms with Crippen LogP contribution in [0.1, 0.15) is 45.6 Å². The zero-order valence-electron chi connectivity index (χ0n) is 11.5. The summed E-state index contributed by atoms with van der Waals surface area (Å²) in [6.45, 7) is 9.92. The van der Waals surface area contributed by atoms with E-state index in [4.69, 9.17) is 4.74 Å². The molecule has 4 heteroatoms. The molecule has 0 spiro atoms. The number of methoxy groups -OCH3 is 1. The van der Waals surface area contributed by atoms with Crippen molar-refractivity contribution in [2.75, 3.05) is 19.0 Å². The average Bonchev–Trinajstić information content (AvgIpc) is 2.25. The van der Waals surface area contributed by atoms with Gasteiger partial charge in [0, 0.05) is 25.1 Å². The molecule has 0 amide bonds. The van der Waals surface area contributed by atoms with Gasteiger partial charge in [0.25, 0.3) is 0 Å². The molecule has 1 N–H and O–H groups in total.